The van der Waals surface area contributed by atoms with Crippen LogP contribution in [0.4, 0.5) is 5.69 Å². The van der Waals surface area contributed by atoms with Crippen LogP contribution in [0.15, 0.2) is 59.6 Å². The molecule has 0 aliphatic heterocycles. The Morgan fingerprint density at radius 1 is 1.13 bits per heavy atom. The SMILES string of the molecule is CCN(CC)S(=O)(=O)c1cc(NC(=O)[C@@H](C)Oc2cccc3cccnc23)ccc1C. The number of fused-ring (bicyclic) bond motifs is 1. The Morgan fingerprint density at radius 3 is 2.55 bits per heavy atom. The molecule has 1 atom stereocenters. The summed E-state index contributed by atoms with van der Waals surface area (Å²) < 4.78 is 33.1. The molecule has 7 nitrogen and oxygen atoms in total. The molecule has 1 aromatic heterocycles. The van der Waals surface area contributed by atoms with Crippen LogP contribution in [0.1, 0.15) is 26.3 Å². The quantitative estimate of drug-likeness (QED) is 0.571. The lowest BCUT2D eigenvalue weighted by Crippen LogP contribution is -2.32. The smallest absolute Gasteiger partial charge is 0.265 e. The molecule has 0 aliphatic carbocycles. The minimum absolute atomic E-state index is 0.181. The van der Waals surface area contributed by atoms with Crippen molar-refractivity contribution in [1.29, 1.82) is 0 Å². The first kappa shape index (κ1) is 22.7. The van der Waals surface area contributed by atoms with Gasteiger partial charge in [-0.2, -0.15) is 4.31 Å². The lowest BCUT2D eigenvalue weighted by molar-refractivity contribution is -0.122. The van der Waals surface area contributed by atoms with Gasteiger partial charge in [-0.05, 0) is 43.7 Å². The number of para-hydroxylation sites is 1. The molecular weight excluding hydrogens is 414 g/mol. The molecule has 0 radical (unpaired) electrons. The molecule has 0 spiro atoms. The van der Waals surface area contributed by atoms with E-state index < -0.39 is 16.1 Å². The van der Waals surface area contributed by atoms with E-state index in [2.05, 4.69) is 10.3 Å². The summed E-state index contributed by atoms with van der Waals surface area (Å²) in [6, 6.07) is 14.1. The molecule has 0 saturated carbocycles. The van der Waals surface area contributed by atoms with Crippen LogP contribution < -0.4 is 10.1 Å². The molecule has 1 amide bonds. The Morgan fingerprint density at radius 2 is 1.84 bits per heavy atom. The van der Waals surface area contributed by atoms with E-state index in [4.69, 9.17) is 4.74 Å². The van der Waals surface area contributed by atoms with Gasteiger partial charge in [0.15, 0.2) is 6.10 Å². The number of rotatable bonds is 8. The van der Waals surface area contributed by atoms with Crippen LogP contribution in [-0.2, 0) is 14.8 Å². The second-order valence-electron chi connectivity index (χ2n) is 7.15. The van der Waals surface area contributed by atoms with Gasteiger partial charge in [0.05, 0.1) is 4.90 Å². The van der Waals surface area contributed by atoms with Crippen LogP contribution >= 0.6 is 0 Å². The predicted octanol–water partition coefficient (Wildman–Crippen LogP) is 3.98. The normalized spacial score (nSPS) is 12.7. The number of benzene rings is 2. The molecule has 2 aromatic carbocycles. The summed E-state index contributed by atoms with van der Waals surface area (Å²) in [7, 11) is -3.64. The first-order chi connectivity index (χ1) is 14.8. The number of anilines is 1. The molecular formula is C23H27N3O4S. The van der Waals surface area contributed by atoms with Crippen LogP contribution in [0.5, 0.6) is 5.75 Å². The molecule has 0 saturated heterocycles. The zero-order valence-corrected chi connectivity index (χ0v) is 18.9. The van der Waals surface area contributed by atoms with Gasteiger partial charge >= 0.3 is 0 Å². The second kappa shape index (κ2) is 9.45. The Balaban J connectivity index is 1.80. The molecule has 3 aromatic rings. The summed E-state index contributed by atoms with van der Waals surface area (Å²) >= 11 is 0. The number of ether oxygens (including phenoxy) is 1. The van der Waals surface area contributed by atoms with Crippen LogP contribution in [0, 0.1) is 6.92 Å². The Bertz CT molecular complexity index is 1190. The van der Waals surface area contributed by atoms with E-state index in [1.54, 1.807) is 52.1 Å². The number of pyridine rings is 1. The zero-order valence-electron chi connectivity index (χ0n) is 18.1. The van der Waals surface area contributed by atoms with Gasteiger partial charge in [-0.3, -0.25) is 9.78 Å². The number of sulfonamides is 1. The minimum Gasteiger partial charge on any atom is -0.479 e. The first-order valence-corrected chi connectivity index (χ1v) is 11.6. The monoisotopic (exact) mass is 441 g/mol. The molecule has 164 valence electrons. The van der Waals surface area contributed by atoms with Gasteiger partial charge in [0, 0.05) is 30.4 Å². The maximum atomic E-state index is 12.9. The molecule has 0 bridgehead atoms. The Kier molecular flexibility index (Phi) is 6.92. The third-order valence-electron chi connectivity index (χ3n) is 5.05. The second-order valence-corrected chi connectivity index (χ2v) is 9.06. The average Bonchev–Trinajstić information content (AvgIpc) is 2.75. The van der Waals surface area contributed by atoms with Crippen molar-refractivity contribution in [2.24, 2.45) is 0 Å². The summed E-state index contributed by atoms with van der Waals surface area (Å²) in [6.07, 6.45) is 0.862. The number of aryl methyl sites for hydroxylation is 1. The van der Waals surface area contributed by atoms with Crippen molar-refractivity contribution in [2.45, 2.75) is 38.7 Å². The van der Waals surface area contributed by atoms with Crippen LogP contribution in [0.25, 0.3) is 10.9 Å². The van der Waals surface area contributed by atoms with Crippen molar-refractivity contribution in [2.75, 3.05) is 18.4 Å². The van der Waals surface area contributed by atoms with Gasteiger partial charge in [-0.1, -0.05) is 38.1 Å². The minimum atomic E-state index is -3.64. The summed E-state index contributed by atoms with van der Waals surface area (Å²) in [5.74, 6) is 0.123. The van der Waals surface area contributed by atoms with Crippen molar-refractivity contribution in [3.05, 3.63) is 60.3 Å². The Hall–Kier alpha value is -2.97. The third-order valence-corrected chi connectivity index (χ3v) is 7.24. The van der Waals surface area contributed by atoms with E-state index in [1.165, 1.54) is 10.4 Å². The highest BCUT2D eigenvalue weighted by atomic mass is 32.2. The lowest BCUT2D eigenvalue weighted by atomic mass is 10.2. The third kappa shape index (κ3) is 4.86. The maximum absolute atomic E-state index is 12.9. The van der Waals surface area contributed by atoms with Crippen molar-refractivity contribution in [3.63, 3.8) is 0 Å². The van der Waals surface area contributed by atoms with Gasteiger partial charge < -0.3 is 10.1 Å². The fraction of sp³-hybridized carbons (Fsp3) is 0.304. The van der Waals surface area contributed by atoms with E-state index in [0.717, 1.165) is 5.39 Å². The van der Waals surface area contributed by atoms with Gasteiger partial charge in [0.25, 0.3) is 5.91 Å². The van der Waals surface area contributed by atoms with E-state index in [0.29, 0.717) is 35.6 Å². The van der Waals surface area contributed by atoms with E-state index in [-0.39, 0.29) is 10.8 Å². The largest absolute Gasteiger partial charge is 0.479 e. The standard InChI is InChI=1S/C23H27N3O4S/c1-5-26(6-2)31(28,29)21-15-19(13-12-16(21)3)25-23(27)17(4)30-20-11-7-9-18-10-8-14-24-22(18)20/h7-15,17H,5-6H2,1-4H3,(H,25,27)/t17-/m1/s1. The lowest BCUT2D eigenvalue weighted by Gasteiger charge is -2.21. The molecule has 1 heterocycles. The Labute approximate surface area is 183 Å². The van der Waals surface area contributed by atoms with E-state index in [9.17, 15) is 13.2 Å². The number of nitrogens with zero attached hydrogens (tertiary/aromatic N) is 2. The first-order valence-electron chi connectivity index (χ1n) is 10.2. The van der Waals surface area contributed by atoms with Crippen LogP contribution in [0.2, 0.25) is 0 Å². The molecule has 1 N–H and O–H groups in total. The predicted molar refractivity (Wildman–Crippen MR) is 122 cm³/mol. The molecule has 3 rings (SSSR count). The number of aromatic nitrogens is 1. The number of carbonyl (C=O) groups is 1. The molecule has 31 heavy (non-hydrogen) atoms. The molecule has 8 heteroatoms. The number of amides is 1. The summed E-state index contributed by atoms with van der Waals surface area (Å²) in [4.78, 5) is 17.2. The van der Waals surface area contributed by atoms with Crippen molar-refractivity contribution < 1.29 is 17.9 Å². The zero-order chi connectivity index (χ0) is 22.6. The van der Waals surface area contributed by atoms with Crippen molar-refractivity contribution in [3.8, 4) is 5.75 Å². The van der Waals surface area contributed by atoms with Gasteiger partial charge in [-0.15, -0.1) is 0 Å². The van der Waals surface area contributed by atoms with E-state index >= 15 is 0 Å². The fourth-order valence-electron chi connectivity index (χ4n) is 3.32. The van der Waals surface area contributed by atoms with Crippen molar-refractivity contribution in [1.82, 2.24) is 9.29 Å². The highest BCUT2D eigenvalue weighted by Crippen LogP contribution is 2.26. The van der Waals surface area contributed by atoms with Gasteiger partial charge in [0.2, 0.25) is 10.0 Å². The maximum Gasteiger partial charge on any atom is 0.265 e. The summed E-state index contributed by atoms with van der Waals surface area (Å²) in [5, 5.41) is 3.67. The summed E-state index contributed by atoms with van der Waals surface area (Å²) in [6.45, 7) is 7.71. The topological polar surface area (TPSA) is 88.6 Å². The summed E-state index contributed by atoms with van der Waals surface area (Å²) in [5.41, 5.74) is 1.69. The van der Waals surface area contributed by atoms with Gasteiger partial charge in [-0.25, -0.2) is 8.42 Å². The number of hydrogen-bond donors (Lipinski definition) is 1. The number of hydrogen-bond acceptors (Lipinski definition) is 5. The molecule has 0 unspecified atom stereocenters. The fourth-order valence-corrected chi connectivity index (χ4v) is 5.03. The number of nitrogens with one attached hydrogen (secondary N) is 1. The van der Waals surface area contributed by atoms with Crippen LogP contribution in [0.3, 0.4) is 0 Å². The molecule has 0 aliphatic rings. The highest BCUT2D eigenvalue weighted by Gasteiger charge is 2.24. The van der Waals surface area contributed by atoms with Crippen LogP contribution in [-0.4, -0.2) is 42.8 Å². The average molecular weight is 442 g/mol. The van der Waals surface area contributed by atoms with Crippen molar-refractivity contribution >= 4 is 32.5 Å². The number of carbonyl (C=O) groups excluding carboxylic acids is 1. The van der Waals surface area contributed by atoms with E-state index in [1.807, 2.05) is 24.3 Å². The highest BCUT2D eigenvalue weighted by molar-refractivity contribution is 7.89. The van der Waals surface area contributed by atoms with Gasteiger partial charge in [0.1, 0.15) is 11.3 Å². The molecule has 0 fully saturated rings.